The minimum absolute atomic E-state index is 0.396. The van der Waals surface area contributed by atoms with Gasteiger partial charge in [-0.15, -0.1) is 0 Å². The molecule has 0 rings (SSSR count). The van der Waals surface area contributed by atoms with E-state index in [9.17, 15) is 0 Å². The fraction of sp³-hybridized carbons (Fsp3) is 1.00. The molecule has 0 aromatic heterocycles. The monoisotopic (exact) mass is 192 g/mol. The fourth-order valence-corrected chi connectivity index (χ4v) is 1.50. The standard InChI is InChI=1S/C9H21NO3/c1-7(11)4-10(5-8(2)12)6-9(3)13/h7-9,11-13H,4-6H2,1-3H3/p+1/t7-,8-,9-/m1/s1. The average Bonchev–Trinajstić information content (AvgIpc) is 1.80. The molecule has 80 valence electrons. The molecule has 0 aliphatic rings. The molecule has 0 aliphatic heterocycles. The lowest BCUT2D eigenvalue weighted by Crippen LogP contribution is -3.15. The van der Waals surface area contributed by atoms with Crippen LogP contribution in [0.5, 0.6) is 0 Å². The van der Waals surface area contributed by atoms with Crippen LogP contribution in [0.4, 0.5) is 0 Å². The maximum atomic E-state index is 9.16. The molecule has 13 heavy (non-hydrogen) atoms. The quantitative estimate of drug-likeness (QED) is 0.394. The van der Waals surface area contributed by atoms with Crippen LogP contribution in [0.15, 0.2) is 0 Å². The molecule has 0 unspecified atom stereocenters. The molecule has 4 nitrogen and oxygen atoms in total. The van der Waals surface area contributed by atoms with Crippen LogP contribution in [-0.4, -0.2) is 53.3 Å². The first kappa shape index (κ1) is 12.8. The van der Waals surface area contributed by atoms with E-state index >= 15 is 0 Å². The Morgan fingerprint density at radius 3 is 1.15 bits per heavy atom. The van der Waals surface area contributed by atoms with Gasteiger partial charge in [-0.1, -0.05) is 0 Å². The van der Waals surface area contributed by atoms with Crippen molar-refractivity contribution in [2.24, 2.45) is 0 Å². The number of quaternary nitrogens is 1. The summed E-state index contributed by atoms with van der Waals surface area (Å²) in [5.41, 5.74) is 0. The van der Waals surface area contributed by atoms with Gasteiger partial charge in [-0.2, -0.15) is 0 Å². The Bertz CT molecular complexity index is 102. The molecule has 3 atom stereocenters. The van der Waals surface area contributed by atoms with E-state index in [0.29, 0.717) is 19.6 Å². The molecular weight excluding hydrogens is 170 g/mol. The lowest BCUT2D eigenvalue weighted by atomic mass is 10.2. The van der Waals surface area contributed by atoms with Crippen molar-refractivity contribution in [2.45, 2.75) is 39.1 Å². The van der Waals surface area contributed by atoms with Gasteiger partial charge >= 0.3 is 0 Å². The van der Waals surface area contributed by atoms with E-state index < -0.39 is 18.3 Å². The molecule has 0 radical (unpaired) electrons. The highest BCUT2D eigenvalue weighted by atomic mass is 16.3. The Balaban J connectivity index is 3.87. The van der Waals surface area contributed by atoms with Gasteiger partial charge < -0.3 is 20.2 Å². The molecule has 0 aromatic rings. The predicted octanol–water partition coefficient (Wildman–Crippen LogP) is -1.99. The second kappa shape index (κ2) is 6.32. The van der Waals surface area contributed by atoms with E-state index in [1.165, 1.54) is 0 Å². The van der Waals surface area contributed by atoms with E-state index in [0.717, 1.165) is 4.90 Å². The maximum absolute atomic E-state index is 9.16. The molecule has 0 spiro atoms. The molecule has 0 bridgehead atoms. The van der Waals surface area contributed by atoms with E-state index in [2.05, 4.69) is 0 Å². The van der Waals surface area contributed by atoms with Crippen LogP contribution in [0.3, 0.4) is 0 Å². The molecule has 0 saturated heterocycles. The number of hydrogen-bond acceptors (Lipinski definition) is 3. The van der Waals surface area contributed by atoms with E-state index in [-0.39, 0.29) is 0 Å². The van der Waals surface area contributed by atoms with Crippen molar-refractivity contribution in [3.8, 4) is 0 Å². The first-order valence-electron chi connectivity index (χ1n) is 4.79. The van der Waals surface area contributed by atoms with Gasteiger partial charge in [-0.25, -0.2) is 0 Å². The summed E-state index contributed by atoms with van der Waals surface area (Å²) in [5.74, 6) is 0. The number of nitrogens with one attached hydrogen (secondary N) is 1. The maximum Gasteiger partial charge on any atom is 0.103 e. The fourth-order valence-electron chi connectivity index (χ4n) is 1.50. The first-order valence-corrected chi connectivity index (χ1v) is 4.79. The summed E-state index contributed by atoms with van der Waals surface area (Å²) in [6.45, 7) is 6.83. The van der Waals surface area contributed by atoms with E-state index in [1.54, 1.807) is 20.8 Å². The van der Waals surface area contributed by atoms with Gasteiger partial charge in [0.05, 0.1) is 0 Å². The van der Waals surface area contributed by atoms with Crippen LogP contribution in [0.1, 0.15) is 20.8 Å². The normalized spacial score (nSPS) is 18.7. The third kappa shape index (κ3) is 8.18. The highest BCUT2D eigenvalue weighted by Gasteiger charge is 2.16. The van der Waals surface area contributed by atoms with Gasteiger partial charge in [0, 0.05) is 0 Å². The van der Waals surface area contributed by atoms with E-state index in [1.807, 2.05) is 0 Å². The number of rotatable bonds is 6. The molecule has 0 saturated carbocycles. The smallest absolute Gasteiger partial charge is 0.103 e. The summed E-state index contributed by atoms with van der Waals surface area (Å²) in [7, 11) is 0. The number of hydrogen-bond donors (Lipinski definition) is 4. The summed E-state index contributed by atoms with van der Waals surface area (Å²) in [4.78, 5) is 1.03. The second-order valence-electron chi connectivity index (χ2n) is 3.91. The Morgan fingerprint density at radius 1 is 0.769 bits per heavy atom. The third-order valence-electron chi connectivity index (χ3n) is 1.75. The zero-order valence-electron chi connectivity index (χ0n) is 8.70. The second-order valence-corrected chi connectivity index (χ2v) is 3.91. The Kier molecular flexibility index (Phi) is 6.24. The lowest BCUT2D eigenvalue weighted by Gasteiger charge is -2.23. The predicted molar refractivity (Wildman–Crippen MR) is 50.6 cm³/mol. The number of aliphatic hydroxyl groups is 3. The van der Waals surface area contributed by atoms with Gasteiger partial charge in [0.1, 0.15) is 37.9 Å². The zero-order valence-corrected chi connectivity index (χ0v) is 8.70. The van der Waals surface area contributed by atoms with Crippen LogP contribution in [-0.2, 0) is 0 Å². The Morgan fingerprint density at radius 2 is 1.00 bits per heavy atom. The largest absolute Gasteiger partial charge is 0.388 e. The molecule has 0 aliphatic carbocycles. The molecule has 0 amide bonds. The van der Waals surface area contributed by atoms with Crippen molar-refractivity contribution in [3.63, 3.8) is 0 Å². The van der Waals surface area contributed by atoms with Gasteiger partial charge in [0.2, 0.25) is 0 Å². The molecular formula is C9H22NO3+. The number of aliphatic hydroxyl groups excluding tert-OH is 3. The van der Waals surface area contributed by atoms with Crippen LogP contribution >= 0.6 is 0 Å². The van der Waals surface area contributed by atoms with Crippen LogP contribution in [0.25, 0.3) is 0 Å². The van der Waals surface area contributed by atoms with Crippen molar-refractivity contribution in [2.75, 3.05) is 19.6 Å². The summed E-state index contributed by atoms with van der Waals surface area (Å²) in [5, 5.41) is 27.5. The Labute approximate surface area is 79.8 Å². The molecule has 0 fully saturated rings. The van der Waals surface area contributed by atoms with Gasteiger partial charge in [0.15, 0.2) is 0 Å². The molecule has 4 heteroatoms. The Hall–Kier alpha value is -0.160. The first-order chi connectivity index (χ1) is 5.91. The minimum Gasteiger partial charge on any atom is -0.388 e. The molecule has 0 aromatic carbocycles. The highest BCUT2D eigenvalue weighted by molar-refractivity contribution is 4.48. The van der Waals surface area contributed by atoms with Crippen molar-refractivity contribution in [3.05, 3.63) is 0 Å². The third-order valence-corrected chi connectivity index (χ3v) is 1.75. The van der Waals surface area contributed by atoms with Crippen LogP contribution < -0.4 is 4.90 Å². The topological polar surface area (TPSA) is 65.1 Å². The van der Waals surface area contributed by atoms with Crippen LogP contribution in [0.2, 0.25) is 0 Å². The highest BCUT2D eigenvalue weighted by Crippen LogP contribution is 1.77. The van der Waals surface area contributed by atoms with Gasteiger partial charge in [0.25, 0.3) is 0 Å². The summed E-state index contributed by atoms with van der Waals surface area (Å²) >= 11 is 0. The van der Waals surface area contributed by atoms with Gasteiger partial charge in [-0.3, -0.25) is 0 Å². The van der Waals surface area contributed by atoms with Crippen molar-refractivity contribution >= 4 is 0 Å². The van der Waals surface area contributed by atoms with Gasteiger partial charge in [-0.05, 0) is 20.8 Å². The molecule has 4 N–H and O–H groups in total. The summed E-state index contributed by atoms with van der Waals surface area (Å²) < 4.78 is 0. The minimum atomic E-state index is -0.396. The zero-order chi connectivity index (χ0) is 10.4. The SMILES string of the molecule is C[C@@H](O)C[NH+](C[C@@H](C)O)C[C@@H](C)O. The summed E-state index contributed by atoms with van der Waals surface area (Å²) in [6.07, 6.45) is -1.19. The van der Waals surface area contributed by atoms with E-state index in [4.69, 9.17) is 15.3 Å². The van der Waals surface area contributed by atoms with Crippen LogP contribution in [0, 0.1) is 0 Å². The lowest BCUT2D eigenvalue weighted by molar-refractivity contribution is -0.908. The van der Waals surface area contributed by atoms with Crippen molar-refractivity contribution in [1.29, 1.82) is 0 Å². The van der Waals surface area contributed by atoms with Crippen molar-refractivity contribution < 1.29 is 20.2 Å². The summed E-state index contributed by atoms with van der Waals surface area (Å²) in [6, 6.07) is 0. The van der Waals surface area contributed by atoms with Crippen molar-refractivity contribution in [1.82, 2.24) is 0 Å². The average molecular weight is 192 g/mol. The molecule has 0 heterocycles.